The van der Waals surface area contributed by atoms with Gasteiger partial charge in [-0.05, 0) is 29.3 Å². The van der Waals surface area contributed by atoms with E-state index < -0.39 is 0 Å². The Morgan fingerprint density at radius 2 is 1.90 bits per heavy atom. The highest BCUT2D eigenvalue weighted by molar-refractivity contribution is 5.40. The number of aromatic nitrogens is 3. The number of benzene rings is 1. The summed E-state index contributed by atoms with van der Waals surface area (Å²) in [5.41, 5.74) is 3.51. The molecule has 0 aliphatic rings. The molecule has 3 rings (SSSR count). The normalized spacial score (nSPS) is 10.6. The molecule has 1 aromatic carbocycles. The van der Waals surface area contributed by atoms with Crippen LogP contribution in [-0.4, -0.2) is 14.8 Å². The molecule has 4 nitrogen and oxygen atoms in total. The minimum Gasteiger partial charge on any atom is -0.308 e. The summed E-state index contributed by atoms with van der Waals surface area (Å²) in [5.74, 6) is 0. The highest BCUT2D eigenvalue weighted by Crippen LogP contribution is 2.13. The Morgan fingerprint density at radius 3 is 2.70 bits per heavy atom. The number of nitrogens with one attached hydrogen (secondary N) is 1. The van der Waals surface area contributed by atoms with E-state index >= 15 is 0 Å². The van der Waals surface area contributed by atoms with Crippen LogP contribution in [0.5, 0.6) is 0 Å². The number of para-hydroxylation sites is 1. The highest BCUT2D eigenvalue weighted by Gasteiger charge is 2.03. The molecular weight excluding hydrogens is 248 g/mol. The molecule has 0 saturated carbocycles. The van der Waals surface area contributed by atoms with Gasteiger partial charge in [-0.3, -0.25) is 4.98 Å². The Bertz CT molecular complexity index is 647. The molecule has 0 aliphatic carbocycles. The summed E-state index contributed by atoms with van der Waals surface area (Å²) in [6, 6.07) is 14.2. The summed E-state index contributed by atoms with van der Waals surface area (Å²) in [4.78, 5) is 4.11. The van der Waals surface area contributed by atoms with Crippen molar-refractivity contribution in [2.24, 2.45) is 0 Å². The molecule has 0 bridgehead atoms. The molecule has 1 N–H and O–H groups in total. The summed E-state index contributed by atoms with van der Waals surface area (Å²) in [6.45, 7) is 1.60. The third kappa shape index (κ3) is 2.92. The van der Waals surface area contributed by atoms with Crippen molar-refractivity contribution >= 4 is 0 Å². The lowest BCUT2D eigenvalue weighted by Gasteiger charge is -2.10. The zero-order valence-corrected chi connectivity index (χ0v) is 11.1. The van der Waals surface area contributed by atoms with Crippen LogP contribution < -0.4 is 5.32 Å². The van der Waals surface area contributed by atoms with Crippen LogP contribution >= 0.6 is 0 Å². The predicted molar refractivity (Wildman–Crippen MR) is 78.3 cm³/mol. The van der Waals surface area contributed by atoms with Crippen molar-refractivity contribution in [2.45, 2.75) is 13.1 Å². The first-order chi connectivity index (χ1) is 9.93. The maximum Gasteiger partial charge on any atom is 0.0690 e. The second-order valence-corrected chi connectivity index (χ2v) is 4.54. The van der Waals surface area contributed by atoms with Crippen molar-refractivity contribution in [3.05, 3.63) is 78.4 Å². The molecule has 0 fully saturated rings. The van der Waals surface area contributed by atoms with E-state index in [2.05, 4.69) is 33.6 Å². The van der Waals surface area contributed by atoms with Gasteiger partial charge in [-0.25, -0.2) is 4.68 Å². The molecule has 0 saturated heterocycles. The first kappa shape index (κ1) is 12.6. The zero-order valence-electron chi connectivity index (χ0n) is 11.1. The Kier molecular flexibility index (Phi) is 3.85. The van der Waals surface area contributed by atoms with Gasteiger partial charge in [0.2, 0.25) is 0 Å². The lowest BCUT2D eigenvalue weighted by Crippen LogP contribution is -2.14. The van der Waals surface area contributed by atoms with Gasteiger partial charge in [0, 0.05) is 37.9 Å². The topological polar surface area (TPSA) is 42.7 Å². The van der Waals surface area contributed by atoms with E-state index in [1.165, 1.54) is 11.1 Å². The number of nitrogens with zero attached hydrogens (tertiary/aromatic N) is 3. The van der Waals surface area contributed by atoms with Gasteiger partial charge >= 0.3 is 0 Å². The van der Waals surface area contributed by atoms with Gasteiger partial charge in [-0.1, -0.05) is 24.3 Å². The van der Waals surface area contributed by atoms with Gasteiger partial charge in [0.15, 0.2) is 0 Å². The van der Waals surface area contributed by atoms with E-state index in [0.29, 0.717) is 0 Å². The summed E-state index contributed by atoms with van der Waals surface area (Å²) in [7, 11) is 0. The van der Waals surface area contributed by atoms with Crippen LogP contribution in [0.1, 0.15) is 11.1 Å². The maximum absolute atomic E-state index is 4.29. The summed E-state index contributed by atoms with van der Waals surface area (Å²) in [6.07, 6.45) is 7.42. The van der Waals surface area contributed by atoms with Crippen LogP contribution in [0.2, 0.25) is 0 Å². The van der Waals surface area contributed by atoms with Crippen molar-refractivity contribution in [3.63, 3.8) is 0 Å². The van der Waals surface area contributed by atoms with Crippen molar-refractivity contribution in [3.8, 4) is 5.69 Å². The van der Waals surface area contributed by atoms with Gasteiger partial charge in [0.25, 0.3) is 0 Å². The summed E-state index contributed by atoms with van der Waals surface area (Å²) < 4.78 is 1.89. The van der Waals surface area contributed by atoms with Gasteiger partial charge in [0.05, 0.1) is 5.69 Å². The Hall–Kier alpha value is -2.46. The quantitative estimate of drug-likeness (QED) is 0.770. The predicted octanol–water partition coefficient (Wildman–Crippen LogP) is 2.56. The lowest BCUT2D eigenvalue weighted by atomic mass is 10.1. The average molecular weight is 264 g/mol. The van der Waals surface area contributed by atoms with E-state index in [1.807, 2.05) is 41.3 Å². The SMILES string of the molecule is c1cncc(CNCc2ccccc2-n2cccn2)c1. The second kappa shape index (κ2) is 6.12. The van der Waals surface area contributed by atoms with E-state index in [4.69, 9.17) is 0 Å². The minimum absolute atomic E-state index is 0.797. The van der Waals surface area contributed by atoms with Gasteiger partial charge in [0.1, 0.15) is 0 Å². The highest BCUT2D eigenvalue weighted by atomic mass is 15.3. The largest absolute Gasteiger partial charge is 0.308 e. The molecular formula is C16H16N4. The summed E-state index contributed by atoms with van der Waals surface area (Å²) in [5, 5.41) is 7.73. The van der Waals surface area contributed by atoms with Crippen LogP contribution in [0.15, 0.2) is 67.3 Å². The molecule has 4 heteroatoms. The third-order valence-electron chi connectivity index (χ3n) is 3.11. The van der Waals surface area contributed by atoms with Crippen molar-refractivity contribution in [1.29, 1.82) is 0 Å². The van der Waals surface area contributed by atoms with E-state index in [1.54, 1.807) is 12.4 Å². The second-order valence-electron chi connectivity index (χ2n) is 4.54. The standard InChI is InChI=1S/C16H16N4/c1-2-7-16(20-10-4-9-19-20)15(6-1)13-18-12-14-5-3-8-17-11-14/h1-11,18H,12-13H2. The number of hydrogen-bond acceptors (Lipinski definition) is 3. The van der Waals surface area contributed by atoms with Gasteiger partial charge < -0.3 is 5.32 Å². The molecule has 3 aromatic rings. The smallest absolute Gasteiger partial charge is 0.0690 e. The Balaban J connectivity index is 1.69. The lowest BCUT2D eigenvalue weighted by molar-refractivity contribution is 0.684. The van der Waals surface area contributed by atoms with Crippen LogP contribution in [0.3, 0.4) is 0 Å². The van der Waals surface area contributed by atoms with E-state index in [-0.39, 0.29) is 0 Å². The fraction of sp³-hybridized carbons (Fsp3) is 0.125. The maximum atomic E-state index is 4.29. The molecule has 100 valence electrons. The summed E-state index contributed by atoms with van der Waals surface area (Å²) >= 11 is 0. The number of pyridine rings is 1. The van der Waals surface area contributed by atoms with Crippen molar-refractivity contribution in [1.82, 2.24) is 20.1 Å². The molecule has 0 atom stereocenters. The Morgan fingerprint density at radius 1 is 0.950 bits per heavy atom. The van der Waals surface area contributed by atoms with Crippen LogP contribution in [0, 0.1) is 0 Å². The third-order valence-corrected chi connectivity index (χ3v) is 3.11. The molecule has 0 amide bonds. The minimum atomic E-state index is 0.797. The fourth-order valence-corrected chi connectivity index (χ4v) is 2.14. The molecule has 2 heterocycles. The Labute approximate surface area is 118 Å². The molecule has 20 heavy (non-hydrogen) atoms. The molecule has 0 unspecified atom stereocenters. The van der Waals surface area contributed by atoms with Crippen molar-refractivity contribution in [2.75, 3.05) is 0 Å². The van der Waals surface area contributed by atoms with Crippen LogP contribution in [-0.2, 0) is 13.1 Å². The van der Waals surface area contributed by atoms with Crippen LogP contribution in [0.4, 0.5) is 0 Å². The zero-order chi connectivity index (χ0) is 13.6. The van der Waals surface area contributed by atoms with Gasteiger partial charge in [-0.15, -0.1) is 0 Å². The first-order valence-electron chi connectivity index (χ1n) is 6.61. The molecule has 2 aromatic heterocycles. The average Bonchev–Trinajstić information content (AvgIpc) is 3.03. The fourth-order valence-electron chi connectivity index (χ4n) is 2.14. The van der Waals surface area contributed by atoms with Crippen LogP contribution in [0.25, 0.3) is 5.69 Å². The molecule has 0 radical (unpaired) electrons. The van der Waals surface area contributed by atoms with E-state index in [0.717, 1.165) is 18.8 Å². The number of rotatable bonds is 5. The first-order valence-corrected chi connectivity index (χ1v) is 6.61. The van der Waals surface area contributed by atoms with E-state index in [9.17, 15) is 0 Å². The molecule has 0 aliphatic heterocycles. The van der Waals surface area contributed by atoms with Gasteiger partial charge in [-0.2, -0.15) is 5.10 Å². The number of hydrogen-bond donors (Lipinski definition) is 1. The monoisotopic (exact) mass is 264 g/mol. The van der Waals surface area contributed by atoms with Crippen molar-refractivity contribution < 1.29 is 0 Å². The molecule has 0 spiro atoms.